The van der Waals surface area contributed by atoms with Gasteiger partial charge in [-0.2, -0.15) is 13.2 Å². The van der Waals surface area contributed by atoms with Crippen molar-refractivity contribution in [1.29, 1.82) is 0 Å². The quantitative estimate of drug-likeness (QED) is 0.165. The van der Waals surface area contributed by atoms with E-state index in [-0.39, 0.29) is 23.0 Å². The Morgan fingerprint density at radius 3 is 2.50 bits per heavy atom. The molecule has 1 amide bonds. The SMILES string of the molecule is COc1ccc(CCNC(=O)c2coc(CSc3nnc(Cc4ccccc4)n3-c3cccc(C(F)(F)F)c3)n2)cc1OC. The molecule has 0 atom stereocenters. The first-order valence-electron chi connectivity index (χ1n) is 13.5. The molecule has 1 N–H and O–H groups in total. The molecule has 9 nitrogen and oxygen atoms in total. The molecule has 44 heavy (non-hydrogen) atoms. The van der Waals surface area contributed by atoms with Crippen LogP contribution in [0.25, 0.3) is 5.69 Å². The molecule has 2 heterocycles. The molecule has 0 aliphatic rings. The van der Waals surface area contributed by atoms with Crippen LogP contribution in [0.3, 0.4) is 0 Å². The molecule has 0 fully saturated rings. The molecule has 0 aliphatic carbocycles. The van der Waals surface area contributed by atoms with Crippen LogP contribution in [0.4, 0.5) is 13.2 Å². The zero-order chi connectivity index (χ0) is 31.1. The van der Waals surface area contributed by atoms with E-state index in [4.69, 9.17) is 13.9 Å². The molecule has 0 spiro atoms. The number of nitrogens with one attached hydrogen (secondary N) is 1. The smallest absolute Gasteiger partial charge is 0.416 e. The third-order valence-electron chi connectivity index (χ3n) is 6.59. The van der Waals surface area contributed by atoms with E-state index >= 15 is 0 Å². The molecule has 0 bridgehead atoms. The number of benzene rings is 3. The highest BCUT2D eigenvalue weighted by atomic mass is 32.2. The van der Waals surface area contributed by atoms with Gasteiger partial charge in [-0.05, 0) is 47.9 Å². The van der Waals surface area contributed by atoms with Crippen molar-refractivity contribution in [2.24, 2.45) is 0 Å². The number of hydrogen-bond acceptors (Lipinski definition) is 8. The molecule has 13 heteroatoms. The first kappa shape index (κ1) is 30.7. The minimum atomic E-state index is -4.51. The Morgan fingerprint density at radius 2 is 1.75 bits per heavy atom. The lowest BCUT2D eigenvalue weighted by atomic mass is 10.1. The van der Waals surface area contributed by atoms with Gasteiger partial charge >= 0.3 is 6.18 Å². The number of thioether (sulfide) groups is 1. The number of carbonyl (C=O) groups excluding carboxylic acids is 1. The lowest BCUT2D eigenvalue weighted by Gasteiger charge is -2.13. The fourth-order valence-corrected chi connectivity index (χ4v) is 5.25. The van der Waals surface area contributed by atoms with Crippen LogP contribution in [0.2, 0.25) is 0 Å². The minimum Gasteiger partial charge on any atom is -0.493 e. The number of carbonyl (C=O) groups is 1. The predicted molar refractivity (Wildman–Crippen MR) is 157 cm³/mol. The maximum absolute atomic E-state index is 13.5. The van der Waals surface area contributed by atoms with Crippen molar-refractivity contribution in [3.8, 4) is 17.2 Å². The molecule has 5 rings (SSSR count). The first-order valence-corrected chi connectivity index (χ1v) is 14.5. The number of alkyl halides is 3. The van der Waals surface area contributed by atoms with E-state index in [9.17, 15) is 18.0 Å². The fourth-order valence-electron chi connectivity index (χ4n) is 4.42. The van der Waals surface area contributed by atoms with Crippen molar-refractivity contribution in [3.63, 3.8) is 0 Å². The maximum atomic E-state index is 13.5. The molecule has 5 aromatic rings. The van der Waals surface area contributed by atoms with Gasteiger partial charge in [-0.15, -0.1) is 10.2 Å². The Hall–Kier alpha value is -4.78. The van der Waals surface area contributed by atoms with Crippen molar-refractivity contribution in [1.82, 2.24) is 25.1 Å². The van der Waals surface area contributed by atoms with Crippen molar-refractivity contribution in [3.05, 3.63) is 113 Å². The normalized spacial score (nSPS) is 11.4. The Bertz CT molecular complexity index is 1720. The van der Waals surface area contributed by atoms with E-state index in [1.54, 1.807) is 30.9 Å². The van der Waals surface area contributed by atoms with E-state index in [1.807, 2.05) is 42.5 Å². The van der Waals surface area contributed by atoms with Crippen molar-refractivity contribution >= 4 is 17.7 Å². The van der Waals surface area contributed by atoms with Crippen molar-refractivity contribution < 1.29 is 31.9 Å². The minimum absolute atomic E-state index is 0.108. The second-order valence-corrected chi connectivity index (χ2v) is 10.5. The van der Waals surface area contributed by atoms with Gasteiger partial charge in [-0.3, -0.25) is 9.36 Å². The predicted octanol–water partition coefficient (Wildman–Crippen LogP) is 6.15. The molecule has 0 unspecified atom stereocenters. The van der Waals surface area contributed by atoms with Crippen LogP contribution in [0.5, 0.6) is 11.5 Å². The molecule has 0 saturated carbocycles. The highest BCUT2D eigenvalue weighted by Gasteiger charge is 2.31. The summed E-state index contributed by atoms with van der Waals surface area (Å²) in [6, 6.07) is 20.0. The summed E-state index contributed by atoms with van der Waals surface area (Å²) < 4.78 is 58.2. The Labute approximate surface area is 255 Å². The maximum Gasteiger partial charge on any atom is 0.416 e. The summed E-state index contributed by atoms with van der Waals surface area (Å²) >= 11 is 1.18. The Balaban J connectivity index is 1.26. The lowest BCUT2D eigenvalue weighted by Crippen LogP contribution is -2.26. The number of rotatable bonds is 12. The van der Waals surface area contributed by atoms with Crippen molar-refractivity contribution in [2.45, 2.75) is 29.9 Å². The highest BCUT2D eigenvalue weighted by Crippen LogP contribution is 2.33. The summed E-state index contributed by atoms with van der Waals surface area (Å²) in [7, 11) is 3.12. The number of hydrogen-bond donors (Lipinski definition) is 1. The average Bonchev–Trinajstić information content (AvgIpc) is 3.67. The zero-order valence-corrected chi connectivity index (χ0v) is 24.6. The molecular weight excluding hydrogens is 595 g/mol. The van der Waals surface area contributed by atoms with Gasteiger partial charge in [0.05, 0.1) is 31.2 Å². The van der Waals surface area contributed by atoms with Crippen LogP contribution in [-0.4, -0.2) is 46.4 Å². The van der Waals surface area contributed by atoms with Gasteiger partial charge in [-0.1, -0.05) is 54.2 Å². The zero-order valence-electron chi connectivity index (χ0n) is 23.8. The van der Waals surface area contributed by atoms with E-state index in [0.29, 0.717) is 41.9 Å². The molecule has 0 aliphatic heterocycles. The van der Waals surface area contributed by atoms with Gasteiger partial charge < -0.3 is 19.2 Å². The number of ether oxygens (including phenoxy) is 2. The first-order chi connectivity index (χ1) is 21.2. The second-order valence-electron chi connectivity index (χ2n) is 9.56. The number of aromatic nitrogens is 4. The number of methoxy groups -OCH3 is 2. The van der Waals surface area contributed by atoms with Crippen LogP contribution in [0.15, 0.2) is 88.6 Å². The number of halogens is 3. The van der Waals surface area contributed by atoms with Gasteiger partial charge in [0.15, 0.2) is 22.3 Å². The van der Waals surface area contributed by atoms with Crippen LogP contribution in [0, 0.1) is 0 Å². The van der Waals surface area contributed by atoms with Crippen LogP contribution in [0.1, 0.15) is 38.9 Å². The summed E-state index contributed by atoms with van der Waals surface area (Å²) in [6.45, 7) is 0.357. The van der Waals surface area contributed by atoms with E-state index in [0.717, 1.165) is 23.3 Å². The van der Waals surface area contributed by atoms with Gasteiger partial charge in [0.1, 0.15) is 12.1 Å². The number of nitrogens with zero attached hydrogens (tertiary/aromatic N) is 4. The highest BCUT2D eigenvalue weighted by molar-refractivity contribution is 7.98. The van der Waals surface area contributed by atoms with E-state index < -0.39 is 17.6 Å². The third kappa shape index (κ3) is 7.40. The van der Waals surface area contributed by atoms with Crippen LogP contribution >= 0.6 is 11.8 Å². The van der Waals surface area contributed by atoms with Crippen LogP contribution in [-0.2, 0) is 24.8 Å². The lowest BCUT2D eigenvalue weighted by molar-refractivity contribution is -0.137. The molecular formula is C31H28F3N5O4S. The molecule has 0 saturated heterocycles. The molecule has 228 valence electrons. The van der Waals surface area contributed by atoms with Gasteiger partial charge in [-0.25, -0.2) is 4.98 Å². The molecule has 2 aromatic heterocycles. The standard InChI is InChI=1S/C31H28F3N5O4S/c1-41-25-12-11-21(15-26(25)42-2)13-14-35-29(40)24-18-43-28(36-24)19-44-30-38-37-27(16-20-7-4-3-5-8-20)39(30)23-10-6-9-22(17-23)31(32,33)34/h3-12,15,17-18H,13-14,16,19H2,1-2H3,(H,35,40). The van der Waals surface area contributed by atoms with E-state index in [1.165, 1.54) is 24.1 Å². The van der Waals surface area contributed by atoms with Crippen molar-refractivity contribution in [2.75, 3.05) is 20.8 Å². The topological polar surface area (TPSA) is 104 Å². The number of amides is 1. The van der Waals surface area contributed by atoms with Crippen LogP contribution < -0.4 is 14.8 Å². The summed E-state index contributed by atoms with van der Waals surface area (Å²) in [4.78, 5) is 17.0. The Morgan fingerprint density at radius 1 is 0.955 bits per heavy atom. The van der Waals surface area contributed by atoms with Gasteiger partial charge in [0.2, 0.25) is 5.89 Å². The summed E-state index contributed by atoms with van der Waals surface area (Å²) in [5.41, 5.74) is 1.49. The number of oxazole rings is 1. The summed E-state index contributed by atoms with van der Waals surface area (Å²) in [5, 5.41) is 11.7. The monoisotopic (exact) mass is 623 g/mol. The summed E-state index contributed by atoms with van der Waals surface area (Å²) in [6.07, 6.45) is -2.33. The molecule has 0 radical (unpaired) electrons. The Kier molecular flexibility index (Phi) is 9.53. The fraction of sp³-hybridized carbons (Fsp3) is 0.226. The third-order valence-corrected chi connectivity index (χ3v) is 7.51. The largest absolute Gasteiger partial charge is 0.493 e. The van der Waals surface area contributed by atoms with Gasteiger partial charge in [0.25, 0.3) is 5.91 Å². The van der Waals surface area contributed by atoms with Gasteiger partial charge in [0, 0.05) is 13.0 Å². The van der Waals surface area contributed by atoms with E-state index in [2.05, 4.69) is 20.5 Å². The second kappa shape index (κ2) is 13.7. The summed E-state index contributed by atoms with van der Waals surface area (Å²) in [5.74, 6) is 1.72. The average molecular weight is 624 g/mol. The molecule has 3 aromatic carbocycles.